The van der Waals surface area contributed by atoms with E-state index in [0.717, 1.165) is 31.6 Å². The first-order valence-corrected chi connectivity index (χ1v) is 8.39. The summed E-state index contributed by atoms with van der Waals surface area (Å²) in [6.45, 7) is 2.55. The zero-order valence-electron chi connectivity index (χ0n) is 13.3. The van der Waals surface area contributed by atoms with Crippen LogP contribution >= 0.6 is 0 Å². The highest BCUT2D eigenvalue weighted by atomic mass is 16.5. The van der Waals surface area contributed by atoms with Crippen LogP contribution in [0.4, 0.5) is 0 Å². The smallest absolute Gasteiger partial charge is 0.232 e. The minimum absolute atomic E-state index is 0.00859. The molecule has 2 amide bonds. The Labute approximate surface area is 136 Å². The van der Waals surface area contributed by atoms with Crippen molar-refractivity contribution in [3.05, 3.63) is 35.9 Å². The fraction of sp³-hybridized carbons (Fsp3) is 0.556. The molecule has 2 atom stereocenters. The lowest BCUT2D eigenvalue weighted by atomic mass is 9.73. The molecule has 1 aromatic rings. The van der Waals surface area contributed by atoms with E-state index in [9.17, 15) is 9.59 Å². The van der Waals surface area contributed by atoms with Gasteiger partial charge in [-0.25, -0.2) is 0 Å². The highest BCUT2D eigenvalue weighted by molar-refractivity contribution is 5.91. The Kier molecular flexibility index (Phi) is 4.96. The quantitative estimate of drug-likeness (QED) is 0.882. The molecule has 2 unspecified atom stereocenters. The molecule has 0 aliphatic carbocycles. The molecule has 5 nitrogen and oxygen atoms in total. The molecular formula is C18H24N2O3. The third-order valence-corrected chi connectivity index (χ3v) is 4.93. The van der Waals surface area contributed by atoms with E-state index < -0.39 is 5.41 Å². The van der Waals surface area contributed by atoms with Crippen LogP contribution in [-0.4, -0.2) is 38.1 Å². The van der Waals surface area contributed by atoms with Gasteiger partial charge < -0.3 is 15.4 Å². The largest absolute Gasteiger partial charge is 0.381 e. The van der Waals surface area contributed by atoms with Crippen LogP contribution in [0, 0.1) is 5.92 Å². The van der Waals surface area contributed by atoms with E-state index in [1.807, 2.05) is 30.3 Å². The van der Waals surface area contributed by atoms with Crippen LogP contribution in [0.2, 0.25) is 0 Å². The van der Waals surface area contributed by atoms with Crippen LogP contribution in [0.1, 0.15) is 31.2 Å². The summed E-state index contributed by atoms with van der Waals surface area (Å²) in [4.78, 5) is 24.5. The maximum Gasteiger partial charge on any atom is 0.232 e. The summed E-state index contributed by atoms with van der Waals surface area (Å²) in [6, 6.07) is 9.77. The fourth-order valence-electron chi connectivity index (χ4n) is 3.46. The first-order valence-electron chi connectivity index (χ1n) is 8.39. The maximum absolute atomic E-state index is 13.0. The molecular weight excluding hydrogens is 292 g/mol. The number of hydrogen-bond acceptors (Lipinski definition) is 3. The molecule has 124 valence electrons. The van der Waals surface area contributed by atoms with E-state index in [0.29, 0.717) is 31.8 Å². The lowest BCUT2D eigenvalue weighted by molar-refractivity contribution is -0.131. The average molecular weight is 316 g/mol. The lowest BCUT2D eigenvalue weighted by Crippen LogP contribution is -2.55. The van der Waals surface area contributed by atoms with E-state index >= 15 is 0 Å². The van der Waals surface area contributed by atoms with Gasteiger partial charge in [0, 0.05) is 26.1 Å². The van der Waals surface area contributed by atoms with Crippen molar-refractivity contribution in [2.75, 3.05) is 26.3 Å². The normalized spacial score (nSPS) is 28.0. The van der Waals surface area contributed by atoms with Gasteiger partial charge in [0.05, 0.1) is 12.0 Å². The SMILES string of the molecule is O=C1CCC(C(=O)NCC2CCCOC2)(c2ccccc2)CN1. The number of piperidine rings is 1. The van der Waals surface area contributed by atoms with Gasteiger partial charge in [0.1, 0.15) is 0 Å². The van der Waals surface area contributed by atoms with Crippen LogP contribution < -0.4 is 10.6 Å². The lowest BCUT2D eigenvalue weighted by Gasteiger charge is -2.37. The predicted octanol–water partition coefficient (Wildman–Crippen LogP) is 1.38. The number of benzene rings is 1. The molecule has 2 aliphatic heterocycles. The van der Waals surface area contributed by atoms with Crippen molar-refractivity contribution >= 4 is 11.8 Å². The molecule has 0 radical (unpaired) electrons. The number of ether oxygens (including phenoxy) is 1. The number of nitrogens with one attached hydrogen (secondary N) is 2. The minimum atomic E-state index is -0.662. The monoisotopic (exact) mass is 316 g/mol. The second-order valence-electron chi connectivity index (χ2n) is 6.52. The topological polar surface area (TPSA) is 67.4 Å². The van der Waals surface area contributed by atoms with E-state index in [-0.39, 0.29) is 11.8 Å². The Balaban J connectivity index is 1.72. The van der Waals surface area contributed by atoms with Crippen molar-refractivity contribution in [3.8, 4) is 0 Å². The molecule has 3 rings (SSSR count). The Bertz CT molecular complexity index is 543. The van der Waals surface area contributed by atoms with Crippen LogP contribution in [0.25, 0.3) is 0 Å². The number of rotatable bonds is 4. The molecule has 2 aliphatic rings. The standard InChI is InChI=1S/C18H24N2O3/c21-16-8-9-18(13-20-16,15-6-2-1-3-7-15)17(22)19-11-14-5-4-10-23-12-14/h1-3,6-7,14H,4-5,8-13H2,(H,19,22)(H,20,21). The van der Waals surface area contributed by atoms with Crippen molar-refractivity contribution < 1.29 is 14.3 Å². The van der Waals surface area contributed by atoms with Gasteiger partial charge >= 0.3 is 0 Å². The van der Waals surface area contributed by atoms with Crippen molar-refractivity contribution in [2.24, 2.45) is 5.92 Å². The highest BCUT2D eigenvalue weighted by Crippen LogP contribution is 2.32. The molecule has 2 fully saturated rings. The first-order chi connectivity index (χ1) is 11.2. The number of amides is 2. The zero-order chi connectivity index (χ0) is 16.1. The average Bonchev–Trinajstić information content (AvgIpc) is 2.62. The summed E-state index contributed by atoms with van der Waals surface area (Å²) in [7, 11) is 0. The molecule has 1 aromatic carbocycles. The van der Waals surface area contributed by atoms with Crippen LogP contribution in [0.15, 0.2) is 30.3 Å². The van der Waals surface area contributed by atoms with E-state index in [2.05, 4.69) is 10.6 Å². The first kappa shape index (κ1) is 16.0. The zero-order valence-corrected chi connectivity index (χ0v) is 13.3. The molecule has 0 bridgehead atoms. The second-order valence-corrected chi connectivity index (χ2v) is 6.52. The van der Waals surface area contributed by atoms with E-state index in [1.165, 1.54) is 0 Å². The van der Waals surface area contributed by atoms with Crippen LogP contribution in [0.3, 0.4) is 0 Å². The second kappa shape index (κ2) is 7.13. The molecule has 0 aromatic heterocycles. The third-order valence-electron chi connectivity index (χ3n) is 4.93. The van der Waals surface area contributed by atoms with Crippen LogP contribution in [0.5, 0.6) is 0 Å². The Morgan fingerprint density at radius 1 is 1.35 bits per heavy atom. The Morgan fingerprint density at radius 2 is 2.17 bits per heavy atom. The third kappa shape index (κ3) is 3.55. The van der Waals surface area contributed by atoms with Crippen LogP contribution in [-0.2, 0) is 19.7 Å². The summed E-state index contributed by atoms with van der Waals surface area (Å²) in [5, 5.41) is 5.97. The molecule has 0 spiro atoms. The summed E-state index contributed by atoms with van der Waals surface area (Å²) in [5.74, 6) is 0.415. The van der Waals surface area contributed by atoms with Gasteiger partial charge in [-0.3, -0.25) is 9.59 Å². The van der Waals surface area contributed by atoms with Crippen molar-refractivity contribution in [3.63, 3.8) is 0 Å². The summed E-state index contributed by atoms with van der Waals surface area (Å²) in [5.41, 5.74) is 0.308. The molecule has 2 N–H and O–H groups in total. The number of hydrogen-bond donors (Lipinski definition) is 2. The number of carbonyl (C=O) groups excluding carboxylic acids is 2. The summed E-state index contributed by atoms with van der Waals surface area (Å²) in [6.07, 6.45) is 3.08. The van der Waals surface area contributed by atoms with Crippen molar-refractivity contribution in [1.82, 2.24) is 10.6 Å². The minimum Gasteiger partial charge on any atom is -0.381 e. The van der Waals surface area contributed by atoms with Gasteiger partial charge in [0.2, 0.25) is 11.8 Å². The number of carbonyl (C=O) groups is 2. The van der Waals surface area contributed by atoms with Gasteiger partial charge in [-0.2, -0.15) is 0 Å². The Morgan fingerprint density at radius 3 is 2.83 bits per heavy atom. The molecule has 23 heavy (non-hydrogen) atoms. The molecule has 0 saturated carbocycles. The Hall–Kier alpha value is -1.88. The van der Waals surface area contributed by atoms with Crippen molar-refractivity contribution in [2.45, 2.75) is 31.1 Å². The van der Waals surface area contributed by atoms with Gasteiger partial charge in [-0.1, -0.05) is 30.3 Å². The van der Waals surface area contributed by atoms with Gasteiger partial charge in [0.15, 0.2) is 0 Å². The van der Waals surface area contributed by atoms with E-state index in [4.69, 9.17) is 4.74 Å². The summed E-state index contributed by atoms with van der Waals surface area (Å²) < 4.78 is 5.48. The van der Waals surface area contributed by atoms with Crippen molar-refractivity contribution in [1.29, 1.82) is 0 Å². The van der Waals surface area contributed by atoms with Gasteiger partial charge in [-0.05, 0) is 30.7 Å². The molecule has 2 heterocycles. The maximum atomic E-state index is 13.0. The highest BCUT2D eigenvalue weighted by Gasteiger charge is 2.43. The fourth-order valence-corrected chi connectivity index (χ4v) is 3.46. The van der Waals surface area contributed by atoms with Gasteiger partial charge in [0.25, 0.3) is 0 Å². The summed E-state index contributed by atoms with van der Waals surface area (Å²) >= 11 is 0. The van der Waals surface area contributed by atoms with E-state index in [1.54, 1.807) is 0 Å². The predicted molar refractivity (Wildman–Crippen MR) is 86.9 cm³/mol. The molecule has 2 saturated heterocycles. The molecule has 5 heteroatoms. The van der Waals surface area contributed by atoms with Gasteiger partial charge in [-0.15, -0.1) is 0 Å².